The second-order valence-electron chi connectivity index (χ2n) is 4.75. The van der Waals surface area contributed by atoms with Crippen molar-refractivity contribution in [2.24, 2.45) is 11.7 Å². The summed E-state index contributed by atoms with van der Waals surface area (Å²) in [5.74, 6) is -1.33. The zero-order valence-electron chi connectivity index (χ0n) is 12.2. The van der Waals surface area contributed by atoms with E-state index < -0.39 is 24.0 Å². The highest BCUT2D eigenvalue weighted by Crippen LogP contribution is 2.17. The van der Waals surface area contributed by atoms with Crippen LogP contribution in [-0.4, -0.2) is 30.6 Å². The molecule has 0 heterocycles. The number of carbonyl (C=O) groups is 3. The molecule has 0 saturated heterocycles. The number of primary amides is 1. The predicted octanol–water partition coefficient (Wildman–Crippen LogP) is 1.59. The number of nitrogens with two attached hydrogens (primary N) is 1. The standard InChI is InChI=1S/C14H17BrN2O5/c1-8(2)12(13(19)17-14(16)20)22-11(18)7-21-10-5-3-4-9(15)6-10/h3-6,8,12H,7H2,1-2H3,(H3,16,17,19,20)/t12-/m1/s1. The molecule has 1 atom stereocenters. The van der Waals surface area contributed by atoms with Crippen LogP contribution in [0, 0.1) is 5.92 Å². The van der Waals surface area contributed by atoms with E-state index in [2.05, 4.69) is 15.9 Å². The van der Waals surface area contributed by atoms with Crippen molar-refractivity contribution < 1.29 is 23.9 Å². The van der Waals surface area contributed by atoms with Crippen LogP contribution in [-0.2, 0) is 14.3 Å². The Balaban J connectivity index is 2.56. The Bertz CT molecular complexity index is 562. The van der Waals surface area contributed by atoms with Crippen molar-refractivity contribution in [3.63, 3.8) is 0 Å². The number of carbonyl (C=O) groups excluding carboxylic acids is 3. The van der Waals surface area contributed by atoms with Crippen molar-refractivity contribution in [2.45, 2.75) is 20.0 Å². The van der Waals surface area contributed by atoms with Crippen LogP contribution < -0.4 is 15.8 Å². The third-order valence-electron chi connectivity index (χ3n) is 2.52. The van der Waals surface area contributed by atoms with Crippen LogP contribution in [0.3, 0.4) is 0 Å². The average molecular weight is 373 g/mol. The number of amides is 3. The molecule has 0 unspecified atom stereocenters. The number of benzene rings is 1. The molecule has 120 valence electrons. The van der Waals surface area contributed by atoms with E-state index in [1.807, 2.05) is 11.4 Å². The Hall–Kier alpha value is -2.09. The first kappa shape index (κ1) is 18.0. The molecule has 1 rings (SSSR count). The summed E-state index contributed by atoms with van der Waals surface area (Å²) in [5, 5.41) is 1.89. The molecule has 22 heavy (non-hydrogen) atoms. The van der Waals surface area contributed by atoms with Gasteiger partial charge in [0, 0.05) is 4.47 Å². The molecular formula is C14H17BrN2O5. The lowest BCUT2D eigenvalue weighted by Gasteiger charge is -2.19. The van der Waals surface area contributed by atoms with E-state index in [4.69, 9.17) is 15.2 Å². The number of rotatable bonds is 6. The molecule has 8 heteroatoms. The molecule has 7 nitrogen and oxygen atoms in total. The van der Waals surface area contributed by atoms with Gasteiger partial charge in [-0.2, -0.15) is 0 Å². The predicted molar refractivity (Wildman–Crippen MR) is 82.1 cm³/mol. The Morgan fingerprint density at radius 3 is 2.55 bits per heavy atom. The SMILES string of the molecule is CC(C)[C@@H](OC(=O)COc1cccc(Br)c1)C(=O)NC(N)=O. The first-order valence-corrected chi connectivity index (χ1v) is 7.27. The quantitative estimate of drug-likeness (QED) is 0.737. The van der Waals surface area contributed by atoms with Crippen LogP contribution in [0.4, 0.5) is 4.79 Å². The van der Waals surface area contributed by atoms with Crippen molar-refractivity contribution in [2.75, 3.05) is 6.61 Å². The maximum Gasteiger partial charge on any atom is 0.344 e. The Labute approximate surface area is 136 Å². The molecule has 3 N–H and O–H groups in total. The summed E-state index contributed by atoms with van der Waals surface area (Å²) in [7, 11) is 0. The zero-order valence-corrected chi connectivity index (χ0v) is 13.8. The van der Waals surface area contributed by atoms with Gasteiger partial charge in [-0.25, -0.2) is 9.59 Å². The van der Waals surface area contributed by atoms with Gasteiger partial charge >= 0.3 is 12.0 Å². The first-order chi connectivity index (χ1) is 10.3. The number of imide groups is 1. The fourth-order valence-corrected chi connectivity index (χ4v) is 1.94. The van der Waals surface area contributed by atoms with Gasteiger partial charge in [0.25, 0.3) is 5.91 Å². The fraction of sp³-hybridized carbons (Fsp3) is 0.357. The highest BCUT2D eigenvalue weighted by molar-refractivity contribution is 9.10. The normalized spacial score (nSPS) is 11.6. The zero-order chi connectivity index (χ0) is 16.7. The molecule has 3 amide bonds. The smallest absolute Gasteiger partial charge is 0.344 e. The van der Waals surface area contributed by atoms with E-state index in [1.54, 1.807) is 32.0 Å². The van der Waals surface area contributed by atoms with E-state index >= 15 is 0 Å². The minimum Gasteiger partial charge on any atom is -0.482 e. The van der Waals surface area contributed by atoms with Gasteiger partial charge in [-0.3, -0.25) is 10.1 Å². The maximum atomic E-state index is 11.8. The molecule has 0 aliphatic heterocycles. The summed E-state index contributed by atoms with van der Waals surface area (Å²) in [6, 6.07) is 5.93. The molecule has 0 aliphatic carbocycles. The fourth-order valence-electron chi connectivity index (χ4n) is 1.56. The Kier molecular flexibility index (Phi) is 6.84. The number of esters is 1. The highest BCUT2D eigenvalue weighted by atomic mass is 79.9. The molecule has 0 aromatic heterocycles. The maximum absolute atomic E-state index is 11.8. The van der Waals surface area contributed by atoms with Gasteiger partial charge in [0.15, 0.2) is 12.7 Å². The van der Waals surface area contributed by atoms with Crippen LogP contribution >= 0.6 is 15.9 Å². The van der Waals surface area contributed by atoms with Crippen molar-refractivity contribution in [3.8, 4) is 5.75 Å². The van der Waals surface area contributed by atoms with Gasteiger partial charge in [-0.1, -0.05) is 35.8 Å². The van der Waals surface area contributed by atoms with Gasteiger partial charge in [0.05, 0.1) is 0 Å². The molecule has 0 spiro atoms. The second kappa shape index (κ2) is 8.38. The van der Waals surface area contributed by atoms with Crippen LogP contribution in [0.1, 0.15) is 13.8 Å². The van der Waals surface area contributed by atoms with E-state index in [0.717, 1.165) is 4.47 Å². The topological polar surface area (TPSA) is 108 Å². The highest BCUT2D eigenvalue weighted by Gasteiger charge is 2.27. The molecule has 1 aromatic carbocycles. The lowest BCUT2D eigenvalue weighted by molar-refractivity contribution is -0.160. The third-order valence-corrected chi connectivity index (χ3v) is 3.01. The second-order valence-corrected chi connectivity index (χ2v) is 5.67. The summed E-state index contributed by atoms with van der Waals surface area (Å²) >= 11 is 3.28. The van der Waals surface area contributed by atoms with Crippen LogP contribution in [0.25, 0.3) is 0 Å². The van der Waals surface area contributed by atoms with E-state index in [0.29, 0.717) is 5.75 Å². The molecule has 0 saturated carbocycles. The number of hydrogen-bond acceptors (Lipinski definition) is 5. The summed E-state index contributed by atoms with van der Waals surface area (Å²) in [4.78, 5) is 34.2. The number of halogens is 1. The first-order valence-electron chi connectivity index (χ1n) is 6.47. The van der Waals surface area contributed by atoms with Crippen molar-refractivity contribution >= 4 is 33.8 Å². The monoisotopic (exact) mass is 372 g/mol. The van der Waals surface area contributed by atoms with Gasteiger partial charge < -0.3 is 15.2 Å². The van der Waals surface area contributed by atoms with Crippen molar-refractivity contribution in [1.82, 2.24) is 5.32 Å². The molecule has 0 bridgehead atoms. The van der Waals surface area contributed by atoms with Gasteiger partial charge in [-0.05, 0) is 24.1 Å². The minimum atomic E-state index is -1.12. The summed E-state index contributed by atoms with van der Waals surface area (Å²) < 4.78 is 11.1. The molecule has 0 radical (unpaired) electrons. The Morgan fingerprint density at radius 1 is 1.32 bits per heavy atom. The number of hydrogen-bond donors (Lipinski definition) is 2. The third kappa shape index (κ3) is 6.13. The molecule has 0 fully saturated rings. The largest absolute Gasteiger partial charge is 0.482 e. The molecule has 1 aromatic rings. The molecular weight excluding hydrogens is 356 g/mol. The van der Waals surface area contributed by atoms with E-state index in [1.165, 1.54) is 0 Å². The Morgan fingerprint density at radius 2 is 2.00 bits per heavy atom. The molecule has 0 aliphatic rings. The van der Waals surface area contributed by atoms with Gasteiger partial charge in [-0.15, -0.1) is 0 Å². The number of urea groups is 1. The van der Waals surface area contributed by atoms with Crippen LogP contribution in [0.2, 0.25) is 0 Å². The van der Waals surface area contributed by atoms with Crippen molar-refractivity contribution in [3.05, 3.63) is 28.7 Å². The van der Waals surface area contributed by atoms with E-state index in [-0.39, 0.29) is 12.5 Å². The lowest BCUT2D eigenvalue weighted by Crippen LogP contribution is -2.46. The van der Waals surface area contributed by atoms with Crippen LogP contribution in [0.15, 0.2) is 28.7 Å². The summed E-state index contributed by atoms with van der Waals surface area (Å²) in [5.41, 5.74) is 4.87. The van der Waals surface area contributed by atoms with Crippen molar-refractivity contribution in [1.29, 1.82) is 0 Å². The van der Waals surface area contributed by atoms with Crippen LogP contribution in [0.5, 0.6) is 5.75 Å². The number of nitrogens with one attached hydrogen (secondary N) is 1. The van der Waals surface area contributed by atoms with E-state index in [9.17, 15) is 14.4 Å². The van der Waals surface area contributed by atoms with Gasteiger partial charge in [0.1, 0.15) is 5.75 Å². The minimum absolute atomic E-state index is 0.325. The van der Waals surface area contributed by atoms with Gasteiger partial charge in [0.2, 0.25) is 0 Å². The summed E-state index contributed by atoms with van der Waals surface area (Å²) in [6.45, 7) is 2.99. The average Bonchev–Trinajstić information content (AvgIpc) is 2.41. The lowest BCUT2D eigenvalue weighted by atomic mass is 10.1. The number of ether oxygens (including phenoxy) is 2. The summed E-state index contributed by atoms with van der Waals surface area (Å²) in [6.07, 6.45) is -1.12.